The van der Waals surface area contributed by atoms with Crippen molar-refractivity contribution < 1.29 is 4.79 Å². The highest BCUT2D eigenvalue weighted by atomic mass is 16.2. The summed E-state index contributed by atoms with van der Waals surface area (Å²) in [6.45, 7) is 6.36. The third-order valence-electron chi connectivity index (χ3n) is 4.66. The maximum atomic E-state index is 12.1. The minimum absolute atomic E-state index is 0.386. The molecule has 0 radical (unpaired) electrons. The van der Waals surface area contributed by atoms with Gasteiger partial charge in [-0.2, -0.15) is 0 Å². The van der Waals surface area contributed by atoms with Crippen molar-refractivity contribution in [1.29, 1.82) is 0 Å². The van der Waals surface area contributed by atoms with Gasteiger partial charge in [0.25, 0.3) is 0 Å². The van der Waals surface area contributed by atoms with Crippen molar-refractivity contribution in [2.45, 2.75) is 38.1 Å². The van der Waals surface area contributed by atoms with Crippen LogP contribution in [0.15, 0.2) is 0 Å². The molecule has 0 bridgehead atoms. The molecule has 1 saturated carbocycles. The summed E-state index contributed by atoms with van der Waals surface area (Å²) >= 11 is 0. The summed E-state index contributed by atoms with van der Waals surface area (Å²) in [6.07, 6.45) is 5.85. The van der Waals surface area contributed by atoms with E-state index < -0.39 is 0 Å². The molecule has 1 aliphatic carbocycles. The molecule has 1 N–H and O–H groups in total. The third kappa shape index (κ3) is 3.04. The fourth-order valence-corrected chi connectivity index (χ4v) is 3.22. The van der Waals surface area contributed by atoms with Crippen molar-refractivity contribution in [3.63, 3.8) is 0 Å². The summed E-state index contributed by atoms with van der Waals surface area (Å²) in [6, 6.07) is 0.854. The minimum atomic E-state index is 0.386. The van der Waals surface area contributed by atoms with Crippen LogP contribution in [0.1, 0.15) is 32.1 Å². The normalized spacial score (nSPS) is 29.8. The number of carbonyl (C=O) groups excluding carboxylic acids is 1. The number of hydrogen-bond donors (Lipinski definition) is 1. The van der Waals surface area contributed by atoms with Crippen LogP contribution in [0, 0.1) is 5.92 Å². The van der Waals surface area contributed by atoms with E-state index >= 15 is 0 Å². The lowest BCUT2D eigenvalue weighted by molar-refractivity contribution is -0.133. The summed E-state index contributed by atoms with van der Waals surface area (Å²) < 4.78 is 0. The van der Waals surface area contributed by atoms with Gasteiger partial charge in [0.2, 0.25) is 5.91 Å². The fraction of sp³-hybridized carbons (Fsp3) is 0.929. The van der Waals surface area contributed by atoms with Crippen molar-refractivity contribution in [2.75, 3.05) is 39.3 Å². The van der Waals surface area contributed by atoms with Crippen LogP contribution in [0.4, 0.5) is 0 Å². The molecule has 1 unspecified atom stereocenters. The SMILES string of the molecule is O=C(CCC1CCNC1)N1CCN(C2CC2)CC1. The quantitative estimate of drug-likeness (QED) is 0.798. The molecule has 1 atom stereocenters. The maximum Gasteiger partial charge on any atom is 0.222 e. The summed E-state index contributed by atoms with van der Waals surface area (Å²) in [5.74, 6) is 1.12. The lowest BCUT2D eigenvalue weighted by Gasteiger charge is -2.35. The van der Waals surface area contributed by atoms with Crippen LogP contribution in [0.5, 0.6) is 0 Å². The molecular formula is C14H25N3O. The number of hydrogen-bond acceptors (Lipinski definition) is 3. The maximum absolute atomic E-state index is 12.1. The van der Waals surface area contributed by atoms with Gasteiger partial charge >= 0.3 is 0 Å². The Balaban J connectivity index is 1.37. The molecule has 3 aliphatic rings. The molecule has 18 heavy (non-hydrogen) atoms. The topological polar surface area (TPSA) is 35.6 Å². The van der Waals surface area contributed by atoms with E-state index in [0.717, 1.165) is 64.1 Å². The highest BCUT2D eigenvalue weighted by molar-refractivity contribution is 5.76. The zero-order valence-electron chi connectivity index (χ0n) is 11.2. The Hall–Kier alpha value is -0.610. The van der Waals surface area contributed by atoms with Gasteiger partial charge in [0.15, 0.2) is 0 Å². The van der Waals surface area contributed by atoms with Crippen LogP contribution in [-0.4, -0.2) is 61.0 Å². The van der Waals surface area contributed by atoms with E-state index in [1.807, 2.05) is 0 Å². The monoisotopic (exact) mass is 251 g/mol. The van der Waals surface area contributed by atoms with Crippen LogP contribution >= 0.6 is 0 Å². The molecule has 0 aromatic rings. The Morgan fingerprint density at radius 1 is 1.11 bits per heavy atom. The fourth-order valence-electron chi connectivity index (χ4n) is 3.22. The van der Waals surface area contributed by atoms with E-state index in [0.29, 0.717) is 5.91 Å². The number of carbonyl (C=O) groups is 1. The van der Waals surface area contributed by atoms with Crippen LogP contribution in [0.25, 0.3) is 0 Å². The zero-order chi connectivity index (χ0) is 12.4. The number of piperazine rings is 1. The molecule has 4 nitrogen and oxygen atoms in total. The second kappa shape index (κ2) is 5.57. The predicted octanol–water partition coefficient (Wildman–Crippen LogP) is 0.683. The number of rotatable bonds is 4. The molecule has 0 spiro atoms. The largest absolute Gasteiger partial charge is 0.340 e. The number of nitrogens with one attached hydrogen (secondary N) is 1. The van der Waals surface area contributed by atoms with Crippen LogP contribution in [-0.2, 0) is 4.79 Å². The van der Waals surface area contributed by atoms with Gasteiger partial charge in [0.05, 0.1) is 0 Å². The Labute approximate surface area is 110 Å². The molecule has 3 rings (SSSR count). The van der Waals surface area contributed by atoms with E-state index in [1.54, 1.807) is 0 Å². The van der Waals surface area contributed by atoms with Crippen molar-refractivity contribution in [2.24, 2.45) is 5.92 Å². The Morgan fingerprint density at radius 3 is 2.50 bits per heavy atom. The van der Waals surface area contributed by atoms with Gasteiger partial charge in [0.1, 0.15) is 0 Å². The highest BCUT2D eigenvalue weighted by Gasteiger charge is 2.32. The first-order valence-electron chi connectivity index (χ1n) is 7.55. The van der Waals surface area contributed by atoms with Gasteiger partial charge in [-0.05, 0) is 44.7 Å². The van der Waals surface area contributed by atoms with Gasteiger partial charge in [-0.25, -0.2) is 0 Å². The van der Waals surface area contributed by atoms with Crippen molar-refractivity contribution in [1.82, 2.24) is 15.1 Å². The molecule has 1 amide bonds. The van der Waals surface area contributed by atoms with Crippen molar-refractivity contribution in [3.05, 3.63) is 0 Å². The first-order valence-corrected chi connectivity index (χ1v) is 7.55. The Bertz CT molecular complexity index is 289. The molecule has 3 fully saturated rings. The van der Waals surface area contributed by atoms with E-state index in [4.69, 9.17) is 0 Å². The summed E-state index contributed by atoms with van der Waals surface area (Å²) in [4.78, 5) is 16.8. The second-order valence-electron chi connectivity index (χ2n) is 6.05. The van der Waals surface area contributed by atoms with E-state index in [-0.39, 0.29) is 0 Å². The predicted molar refractivity (Wildman–Crippen MR) is 71.4 cm³/mol. The van der Waals surface area contributed by atoms with Crippen molar-refractivity contribution >= 4 is 5.91 Å². The van der Waals surface area contributed by atoms with E-state index in [9.17, 15) is 4.79 Å². The molecule has 2 saturated heterocycles. The van der Waals surface area contributed by atoms with Crippen LogP contribution < -0.4 is 5.32 Å². The van der Waals surface area contributed by atoms with Crippen LogP contribution in [0.3, 0.4) is 0 Å². The number of amides is 1. The molecule has 102 valence electrons. The van der Waals surface area contributed by atoms with Gasteiger partial charge in [-0.3, -0.25) is 9.69 Å². The standard InChI is InChI=1S/C14H25N3O/c18-14(4-1-12-5-6-15-11-12)17-9-7-16(8-10-17)13-2-3-13/h12-13,15H,1-11H2. The average Bonchev–Trinajstić information content (AvgIpc) is 3.13. The zero-order valence-corrected chi connectivity index (χ0v) is 11.2. The first-order chi connectivity index (χ1) is 8.83. The average molecular weight is 251 g/mol. The summed E-state index contributed by atoms with van der Waals surface area (Å²) in [5, 5.41) is 3.37. The minimum Gasteiger partial charge on any atom is -0.340 e. The van der Waals surface area contributed by atoms with Crippen molar-refractivity contribution in [3.8, 4) is 0 Å². The summed E-state index contributed by atoms with van der Waals surface area (Å²) in [5.41, 5.74) is 0. The molecule has 4 heteroatoms. The van der Waals surface area contributed by atoms with E-state index in [2.05, 4.69) is 15.1 Å². The molecule has 0 aromatic heterocycles. The third-order valence-corrected chi connectivity index (χ3v) is 4.66. The second-order valence-corrected chi connectivity index (χ2v) is 6.05. The summed E-state index contributed by atoms with van der Waals surface area (Å²) in [7, 11) is 0. The molecular weight excluding hydrogens is 226 g/mol. The van der Waals surface area contributed by atoms with Gasteiger partial charge in [-0.1, -0.05) is 0 Å². The smallest absolute Gasteiger partial charge is 0.222 e. The van der Waals surface area contributed by atoms with Gasteiger partial charge in [0, 0.05) is 38.6 Å². The Kier molecular flexibility index (Phi) is 3.85. The molecule has 0 aromatic carbocycles. The van der Waals surface area contributed by atoms with Gasteiger partial charge < -0.3 is 10.2 Å². The molecule has 2 aliphatic heterocycles. The number of nitrogens with zero attached hydrogens (tertiary/aromatic N) is 2. The van der Waals surface area contributed by atoms with Gasteiger partial charge in [-0.15, -0.1) is 0 Å². The first kappa shape index (κ1) is 12.4. The highest BCUT2D eigenvalue weighted by Crippen LogP contribution is 2.27. The van der Waals surface area contributed by atoms with Crippen LogP contribution in [0.2, 0.25) is 0 Å². The lowest BCUT2D eigenvalue weighted by atomic mass is 10.0. The Morgan fingerprint density at radius 2 is 1.89 bits per heavy atom. The lowest BCUT2D eigenvalue weighted by Crippen LogP contribution is -2.49. The van der Waals surface area contributed by atoms with E-state index in [1.165, 1.54) is 19.3 Å². The molecule has 2 heterocycles.